The molecule has 17 heavy (non-hydrogen) atoms. The number of hydrogen-bond acceptors (Lipinski definition) is 4. The van der Waals surface area contributed by atoms with Crippen LogP contribution < -0.4 is 10.6 Å². The van der Waals surface area contributed by atoms with E-state index in [1.165, 1.54) is 0 Å². The summed E-state index contributed by atoms with van der Waals surface area (Å²) in [4.78, 5) is 4.19. The van der Waals surface area contributed by atoms with Crippen LogP contribution in [0.15, 0.2) is 18.3 Å². The molecule has 0 bridgehead atoms. The van der Waals surface area contributed by atoms with Crippen molar-refractivity contribution in [3.63, 3.8) is 0 Å². The predicted octanol–water partition coefficient (Wildman–Crippen LogP) is 1.96. The van der Waals surface area contributed by atoms with Gasteiger partial charge in [0.05, 0.1) is 5.56 Å². The van der Waals surface area contributed by atoms with Gasteiger partial charge in [-0.15, -0.1) is 24.8 Å². The summed E-state index contributed by atoms with van der Waals surface area (Å²) in [6, 6.07) is 6.21. The molecule has 0 radical (unpaired) electrons. The highest BCUT2D eigenvalue weighted by Gasteiger charge is 2.12. The first kappa shape index (κ1) is 16.0. The zero-order chi connectivity index (χ0) is 10.5. The highest BCUT2D eigenvalue weighted by atomic mass is 35.5. The molecule has 2 rings (SSSR count). The minimum absolute atomic E-state index is 0. The molecular formula is C11H16Cl2N4. The molecule has 0 aromatic carbocycles. The van der Waals surface area contributed by atoms with Crippen LogP contribution in [0.25, 0.3) is 0 Å². The third-order valence-electron chi connectivity index (χ3n) is 2.58. The maximum atomic E-state index is 8.63. The Morgan fingerprint density at radius 3 is 2.53 bits per heavy atom. The van der Waals surface area contributed by atoms with Crippen molar-refractivity contribution in [2.75, 3.05) is 18.4 Å². The Kier molecular flexibility index (Phi) is 7.64. The van der Waals surface area contributed by atoms with E-state index in [0.29, 0.717) is 11.6 Å². The van der Waals surface area contributed by atoms with Crippen molar-refractivity contribution in [2.45, 2.75) is 18.9 Å². The molecule has 94 valence electrons. The summed E-state index contributed by atoms with van der Waals surface area (Å²) in [7, 11) is 0. The number of nitrogens with zero attached hydrogens (tertiary/aromatic N) is 2. The fourth-order valence-electron chi connectivity index (χ4n) is 1.72. The molecule has 0 saturated carbocycles. The van der Waals surface area contributed by atoms with Gasteiger partial charge in [-0.1, -0.05) is 0 Å². The molecule has 0 spiro atoms. The Hall–Kier alpha value is -1.02. The number of nitriles is 1. The Balaban J connectivity index is 0.00000128. The van der Waals surface area contributed by atoms with Crippen molar-refractivity contribution in [3.05, 3.63) is 23.9 Å². The molecule has 1 fully saturated rings. The normalized spacial score (nSPS) is 15.0. The smallest absolute Gasteiger partial charge is 0.126 e. The summed E-state index contributed by atoms with van der Waals surface area (Å²) in [6.07, 6.45) is 3.85. The van der Waals surface area contributed by atoms with Gasteiger partial charge in [-0.05, 0) is 38.1 Å². The number of pyridine rings is 1. The van der Waals surface area contributed by atoms with Gasteiger partial charge in [-0.3, -0.25) is 0 Å². The van der Waals surface area contributed by atoms with E-state index in [4.69, 9.17) is 5.26 Å². The molecule has 0 atom stereocenters. The van der Waals surface area contributed by atoms with Crippen molar-refractivity contribution in [3.8, 4) is 6.07 Å². The largest absolute Gasteiger partial charge is 0.367 e. The monoisotopic (exact) mass is 274 g/mol. The van der Waals surface area contributed by atoms with Gasteiger partial charge in [0.15, 0.2) is 0 Å². The average molecular weight is 275 g/mol. The molecule has 1 aliphatic rings. The standard InChI is InChI=1S/C11H14N4.2ClH/c12-7-9-1-2-11(14-8-9)15-10-3-5-13-6-4-10;;/h1-2,8,10,13H,3-6H2,(H,14,15);2*1H. The molecule has 0 amide bonds. The SMILES string of the molecule is Cl.Cl.N#Cc1ccc(NC2CCNCC2)nc1. The van der Waals surface area contributed by atoms with Gasteiger partial charge < -0.3 is 10.6 Å². The van der Waals surface area contributed by atoms with Crippen LogP contribution in [0, 0.1) is 11.3 Å². The van der Waals surface area contributed by atoms with Crippen LogP contribution in [0.5, 0.6) is 0 Å². The zero-order valence-electron chi connectivity index (χ0n) is 9.35. The first-order chi connectivity index (χ1) is 7.38. The van der Waals surface area contributed by atoms with Gasteiger partial charge in [0, 0.05) is 12.2 Å². The van der Waals surface area contributed by atoms with Gasteiger partial charge in [0.2, 0.25) is 0 Å². The second-order valence-electron chi connectivity index (χ2n) is 3.71. The lowest BCUT2D eigenvalue weighted by molar-refractivity contribution is 0.478. The van der Waals surface area contributed by atoms with E-state index in [0.717, 1.165) is 31.7 Å². The van der Waals surface area contributed by atoms with Crippen LogP contribution in [0.3, 0.4) is 0 Å². The fourth-order valence-corrected chi connectivity index (χ4v) is 1.72. The van der Waals surface area contributed by atoms with Gasteiger partial charge >= 0.3 is 0 Å². The minimum Gasteiger partial charge on any atom is -0.367 e. The van der Waals surface area contributed by atoms with E-state index in [-0.39, 0.29) is 24.8 Å². The maximum Gasteiger partial charge on any atom is 0.126 e. The first-order valence-corrected chi connectivity index (χ1v) is 5.22. The van der Waals surface area contributed by atoms with Crippen molar-refractivity contribution in [2.24, 2.45) is 0 Å². The third-order valence-corrected chi connectivity index (χ3v) is 2.58. The molecule has 6 heteroatoms. The lowest BCUT2D eigenvalue weighted by Gasteiger charge is -2.24. The van der Waals surface area contributed by atoms with Crippen molar-refractivity contribution in [1.29, 1.82) is 5.26 Å². The lowest BCUT2D eigenvalue weighted by Crippen LogP contribution is -2.35. The van der Waals surface area contributed by atoms with Crippen LogP contribution in [-0.2, 0) is 0 Å². The van der Waals surface area contributed by atoms with Crippen LogP contribution >= 0.6 is 24.8 Å². The second-order valence-corrected chi connectivity index (χ2v) is 3.71. The zero-order valence-corrected chi connectivity index (χ0v) is 11.0. The molecular weight excluding hydrogens is 259 g/mol. The number of halogens is 2. The van der Waals surface area contributed by atoms with Gasteiger partial charge in [0.25, 0.3) is 0 Å². The Labute approximate surface area is 114 Å². The molecule has 1 aromatic heterocycles. The summed E-state index contributed by atoms with van der Waals surface area (Å²) >= 11 is 0. The summed E-state index contributed by atoms with van der Waals surface area (Å²) < 4.78 is 0. The van der Waals surface area contributed by atoms with Crippen LogP contribution in [0.2, 0.25) is 0 Å². The van der Waals surface area contributed by atoms with Crippen molar-refractivity contribution >= 4 is 30.6 Å². The van der Waals surface area contributed by atoms with Crippen LogP contribution in [0.4, 0.5) is 5.82 Å². The number of nitrogens with one attached hydrogen (secondary N) is 2. The molecule has 2 heterocycles. The van der Waals surface area contributed by atoms with Gasteiger partial charge in [0.1, 0.15) is 11.9 Å². The third kappa shape index (κ3) is 4.78. The van der Waals surface area contributed by atoms with E-state index in [1.54, 1.807) is 12.3 Å². The molecule has 0 aliphatic carbocycles. The second kappa shape index (κ2) is 8.13. The summed E-state index contributed by atoms with van der Waals surface area (Å²) in [6.45, 7) is 2.13. The van der Waals surface area contributed by atoms with Crippen molar-refractivity contribution in [1.82, 2.24) is 10.3 Å². The lowest BCUT2D eigenvalue weighted by atomic mass is 10.1. The topological polar surface area (TPSA) is 60.7 Å². The highest BCUT2D eigenvalue weighted by molar-refractivity contribution is 5.85. The maximum absolute atomic E-state index is 8.63. The molecule has 1 aliphatic heterocycles. The van der Waals surface area contributed by atoms with E-state index >= 15 is 0 Å². The summed E-state index contributed by atoms with van der Waals surface area (Å²) in [5.41, 5.74) is 0.603. The van der Waals surface area contributed by atoms with E-state index in [2.05, 4.69) is 21.7 Å². The van der Waals surface area contributed by atoms with Crippen LogP contribution in [0.1, 0.15) is 18.4 Å². The average Bonchev–Trinajstić information content (AvgIpc) is 2.31. The molecule has 1 aromatic rings. The van der Waals surface area contributed by atoms with Gasteiger partial charge in [-0.2, -0.15) is 5.26 Å². The predicted molar refractivity (Wildman–Crippen MR) is 73.0 cm³/mol. The molecule has 2 N–H and O–H groups in total. The summed E-state index contributed by atoms with van der Waals surface area (Å²) in [5, 5.41) is 15.3. The minimum atomic E-state index is 0. The molecule has 1 saturated heterocycles. The number of anilines is 1. The first-order valence-electron chi connectivity index (χ1n) is 5.22. The highest BCUT2D eigenvalue weighted by Crippen LogP contribution is 2.11. The van der Waals surface area contributed by atoms with E-state index < -0.39 is 0 Å². The Bertz CT molecular complexity index is 355. The number of piperidine rings is 1. The fraction of sp³-hybridized carbons (Fsp3) is 0.455. The molecule has 4 nitrogen and oxygen atoms in total. The van der Waals surface area contributed by atoms with E-state index in [9.17, 15) is 0 Å². The summed E-state index contributed by atoms with van der Waals surface area (Å²) in [5.74, 6) is 0.862. The Morgan fingerprint density at radius 1 is 1.29 bits per heavy atom. The van der Waals surface area contributed by atoms with Gasteiger partial charge in [-0.25, -0.2) is 4.98 Å². The number of aromatic nitrogens is 1. The number of hydrogen-bond donors (Lipinski definition) is 2. The van der Waals surface area contributed by atoms with Crippen LogP contribution in [-0.4, -0.2) is 24.1 Å². The Morgan fingerprint density at radius 2 is 2.00 bits per heavy atom. The van der Waals surface area contributed by atoms with E-state index in [1.807, 2.05) is 6.07 Å². The molecule has 0 unspecified atom stereocenters. The van der Waals surface area contributed by atoms with Crippen molar-refractivity contribution < 1.29 is 0 Å². The quantitative estimate of drug-likeness (QED) is 0.866. The number of rotatable bonds is 2.